The third-order valence-electron chi connectivity index (χ3n) is 4.10. The Balaban J connectivity index is 1.90. The third kappa shape index (κ3) is 2.08. The largest absolute Gasteiger partial charge is 0.342 e. The smallest absolute Gasteiger partial charge is 0.107 e. The fourth-order valence-corrected chi connectivity index (χ4v) is 2.91. The van der Waals surface area contributed by atoms with Gasteiger partial charge in [0, 0.05) is 6.42 Å². The van der Waals surface area contributed by atoms with Crippen LogP contribution in [0.5, 0.6) is 0 Å². The summed E-state index contributed by atoms with van der Waals surface area (Å²) in [5, 5.41) is 0. The van der Waals surface area contributed by atoms with Crippen molar-refractivity contribution in [3.8, 4) is 0 Å². The summed E-state index contributed by atoms with van der Waals surface area (Å²) in [7, 11) is 0. The number of nitrogens with one attached hydrogen (secondary N) is 1. The molecule has 0 atom stereocenters. The lowest BCUT2D eigenvalue weighted by atomic mass is 10.0. The molecular weight excluding hydrogens is 208 g/mol. The van der Waals surface area contributed by atoms with Gasteiger partial charge in [-0.1, -0.05) is 25.7 Å². The predicted octanol–water partition coefficient (Wildman–Crippen LogP) is 3.91. The number of fused-ring (bicyclic) bond motifs is 1. The average Bonchev–Trinajstić information content (AvgIpc) is 2.89. The van der Waals surface area contributed by atoms with Crippen molar-refractivity contribution in [1.29, 1.82) is 0 Å². The molecule has 1 saturated carbocycles. The maximum Gasteiger partial charge on any atom is 0.107 e. The van der Waals surface area contributed by atoms with Crippen LogP contribution in [0.4, 0.5) is 0 Å². The lowest BCUT2D eigenvalue weighted by molar-refractivity contribution is 0.534. The Morgan fingerprint density at radius 2 is 1.88 bits per heavy atom. The van der Waals surface area contributed by atoms with Gasteiger partial charge in [-0.05, 0) is 43.0 Å². The number of benzene rings is 1. The molecule has 90 valence electrons. The summed E-state index contributed by atoms with van der Waals surface area (Å²) >= 11 is 0. The molecule has 1 fully saturated rings. The number of aryl methyl sites for hydroxylation is 2. The van der Waals surface area contributed by atoms with Crippen molar-refractivity contribution in [1.82, 2.24) is 9.97 Å². The first-order valence-electron chi connectivity index (χ1n) is 6.68. The molecule has 0 aliphatic heterocycles. The molecule has 0 saturated heterocycles. The topological polar surface area (TPSA) is 28.7 Å². The molecule has 1 aliphatic rings. The van der Waals surface area contributed by atoms with Crippen LogP contribution in [-0.4, -0.2) is 9.97 Å². The van der Waals surface area contributed by atoms with Gasteiger partial charge in [0.15, 0.2) is 0 Å². The van der Waals surface area contributed by atoms with Gasteiger partial charge in [0.1, 0.15) is 5.82 Å². The minimum Gasteiger partial charge on any atom is -0.342 e. The molecule has 3 rings (SSSR count). The fourth-order valence-electron chi connectivity index (χ4n) is 2.91. The van der Waals surface area contributed by atoms with E-state index >= 15 is 0 Å². The quantitative estimate of drug-likeness (QED) is 0.829. The van der Waals surface area contributed by atoms with Crippen molar-refractivity contribution in [3.63, 3.8) is 0 Å². The lowest BCUT2D eigenvalue weighted by Crippen LogP contribution is -2.00. The first kappa shape index (κ1) is 10.8. The number of hydrogen-bond acceptors (Lipinski definition) is 1. The number of imidazole rings is 1. The van der Waals surface area contributed by atoms with Crippen LogP contribution in [0, 0.1) is 19.8 Å². The maximum absolute atomic E-state index is 4.72. The molecule has 1 aromatic heterocycles. The molecule has 0 amide bonds. The van der Waals surface area contributed by atoms with Crippen LogP contribution < -0.4 is 0 Å². The van der Waals surface area contributed by atoms with Gasteiger partial charge in [0.05, 0.1) is 11.0 Å². The molecule has 0 spiro atoms. The Bertz CT molecular complexity index is 494. The number of aromatic amines is 1. The molecule has 1 N–H and O–H groups in total. The standard InChI is InChI=1S/C15H20N2/c1-10-7-13-14(8-11(10)2)17-15(16-13)9-12-5-3-4-6-12/h7-8,12H,3-6,9H2,1-2H3,(H,16,17). The van der Waals surface area contributed by atoms with E-state index in [0.717, 1.165) is 17.9 Å². The van der Waals surface area contributed by atoms with Gasteiger partial charge in [-0.2, -0.15) is 0 Å². The zero-order valence-electron chi connectivity index (χ0n) is 10.7. The Morgan fingerprint density at radius 1 is 1.18 bits per heavy atom. The van der Waals surface area contributed by atoms with E-state index in [0.29, 0.717) is 0 Å². The molecule has 1 aliphatic carbocycles. The van der Waals surface area contributed by atoms with Crippen LogP contribution >= 0.6 is 0 Å². The molecule has 0 unspecified atom stereocenters. The molecule has 0 radical (unpaired) electrons. The predicted molar refractivity (Wildman–Crippen MR) is 71.2 cm³/mol. The number of aromatic nitrogens is 2. The van der Waals surface area contributed by atoms with Crippen LogP contribution in [0.3, 0.4) is 0 Å². The van der Waals surface area contributed by atoms with Gasteiger partial charge in [0.2, 0.25) is 0 Å². The summed E-state index contributed by atoms with van der Waals surface area (Å²) in [6.45, 7) is 4.31. The molecule has 2 nitrogen and oxygen atoms in total. The number of rotatable bonds is 2. The lowest BCUT2D eigenvalue weighted by Gasteiger charge is -2.04. The van der Waals surface area contributed by atoms with E-state index in [4.69, 9.17) is 4.98 Å². The highest BCUT2D eigenvalue weighted by Crippen LogP contribution is 2.28. The Morgan fingerprint density at radius 3 is 2.65 bits per heavy atom. The van der Waals surface area contributed by atoms with Crippen molar-refractivity contribution in [2.45, 2.75) is 46.0 Å². The maximum atomic E-state index is 4.72. The van der Waals surface area contributed by atoms with Crippen molar-refractivity contribution in [2.75, 3.05) is 0 Å². The van der Waals surface area contributed by atoms with E-state index in [1.807, 2.05) is 0 Å². The highest BCUT2D eigenvalue weighted by molar-refractivity contribution is 5.77. The normalized spacial score (nSPS) is 17.1. The number of hydrogen-bond donors (Lipinski definition) is 1. The second-order valence-electron chi connectivity index (χ2n) is 5.49. The van der Waals surface area contributed by atoms with Crippen molar-refractivity contribution < 1.29 is 0 Å². The highest BCUT2D eigenvalue weighted by atomic mass is 14.9. The van der Waals surface area contributed by atoms with Gasteiger partial charge >= 0.3 is 0 Å². The van der Waals surface area contributed by atoms with Crippen LogP contribution in [0.15, 0.2) is 12.1 Å². The van der Waals surface area contributed by atoms with Gasteiger partial charge in [-0.15, -0.1) is 0 Å². The molecule has 1 aromatic carbocycles. The summed E-state index contributed by atoms with van der Waals surface area (Å²) in [5.41, 5.74) is 4.99. The Labute approximate surface area is 102 Å². The van der Waals surface area contributed by atoms with E-state index < -0.39 is 0 Å². The van der Waals surface area contributed by atoms with Crippen LogP contribution in [0.25, 0.3) is 11.0 Å². The first-order chi connectivity index (χ1) is 8.22. The molecule has 2 heteroatoms. The second kappa shape index (κ2) is 4.17. The first-order valence-corrected chi connectivity index (χ1v) is 6.68. The fraction of sp³-hybridized carbons (Fsp3) is 0.533. The SMILES string of the molecule is Cc1cc2nc(CC3CCCC3)[nH]c2cc1C. The molecule has 2 aromatic rings. The minimum absolute atomic E-state index is 0.859. The summed E-state index contributed by atoms with van der Waals surface area (Å²) in [6.07, 6.45) is 6.71. The van der Waals surface area contributed by atoms with Crippen molar-refractivity contribution >= 4 is 11.0 Å². The average molecular weight is 228 g/mol. The molecule has 17 heavy (non-hydrogen) atoms. The molecule has 1 heterocycles. The van der Waals surface area contributed by atoms with Crippen molar-refractivity contribution in [3.05, 3.63) is 29.1 Å². The molecule has 0 bridgehead atoms. The second-order valence-corrected chi connectivity index (χ2v) is 5.49. The number of H-pyrrole nitrogens is 1. The van der Waals surface area contributed by atoms with Crippen LogP contribution in [-0.2, 0) is 6.42 Å². The summed E-state index contributed by atoms with van der Waals surface area (Å²) in [5.74, 6) is 2.04. The van der Waals surface area contributed by atoms with Gasteiger partial charge in [-0.25, -0.2) is 4.98 Å². The molecular formula is C15H20N2. The zero-order chi connectivity index (χ0) is 11.8. The zero-order valence-corrected chi connectivity index (χ0v) is 10.7. The Kier molecular flexibility index (Phi) is 2.65. The van der Waals surface area contributed by atoms with Crippen LogP contribution in [0.2, 0.25) is 0 Å². The summed E-state index contributed by atoms with van der Waals surface area (Å²) < 4.78 is 0. The van der Waals surface area contributed by atoms with E-state index in [9.17, 15) is 0 Å². The Hall–Kier alpha value is -1.31. The van der Waals surface area contributed by atoms with E-state index in [2.05, 4.69) is 31.0 Å². The number of nitrogens with zero attached hydrogens (tertiary/aromatic N) is 1. The van der Waals surface area contributed by atoms with Gasteiger partial charge in [0.25, 0.3) is 0 Å². The third-order valence-corrected chi connectivity index (χ3v) is 4.10. The minimum atomic E-state index is 0.859. The highest BCUT2D eigenvalue weighted by Gasteiger charge is 2.17. The summed E-state index contributed by atoms with van der Waals surface area (Å²) in [4.78, 5) is 8.20. The monoisotopic (exact) mass is 228 g/mol. The van der Waals surface area contributed by atoms with Crippen molar-refractivity contribution in [2.24, 2.45) is 5.92 Å². The van der Waals surface area contributed by atoms with Crippen LogP contribution in [0.1, 0.15) is 42.6 Å². The van der Waals surface area contributed by atoms with E-state index in [1.54, 1.807) is 0 Å². The van der Waals surface area contributed by atoms with Gasteiger partial charge in [-0.3, -0.25) is 0 Å². The van der Waals surface area contributed by atoms with E-state index in [1.165, 1.54) is 48.2 Å². The van der Waals surface area contributed by atoms with E-state index in [-0.39, 0.29) is 0 Å². The summed E-state index contributed by atoms with van der Waals surface area (Å²) in [6, 6.07) is 4.41. The van der Waals surface area contributed by atoms with Gasteiger partial charge < -0.3 is 4.98 Å².